The highest BCUT2D eigenvalue weighted by Crippen LogP contribution is 2.24. The molecule has 1 atom stereocenters. The van der Waals surface area contributed by atoms with Crippen molar-refractivity contribution >= 4 is 10.8 Å². The molecule has 84 valence electrons. The van der Waals surface area contributed by atoms with Crippen LogP contribution < -0.4 is 0 Å². The molecule has 0 amide bonds. The topological polar surface area (TPSA) is 53.8 Å². The van der Waals surface area contributed by atoms with Crippen molar-refractivity contribution in [2.24, 2.45) is 0 Å². The maximum Gasteiger partial charge on any atom is 0.144 e. The molecule has 0 bridgehead atoms. The lowest BCUT2D eigenvalue weighted by Gasteiger charge is -2.09. The summed E-state index contributed by atoms with van der Waals surface area (Å²) in [7, 11) is -0.849. The van der Waals surface area contributed by atoms with Gasteiger partial charge in [-0.1, -0.05) is 18.9 Å². The minimum Gasteiger partial charge on any atom is -0.259 e. The maximum atomic E-state index is 12.1. The van der Waals surface area contributed by atoms with E-state index in [0.717, 1.165) is 18.4 Å². The Morgan fingerprint density at radius 2 is 2.25 bits per heavy atom. The van der Waals surface area contributed by atoms with E-state index in [1.165, 1.54) is 12.8 Å². The highest BCUT2D eigenvalue weighted by atomic mass is 32.2. The largest absolute Gasteiger partial charge is 0.259 e. The minimum absolute atomic E-state index is 0.326. The van der Waals surface area contributed by atoms with Gasteiger partial charge < -0.3 is 0 Å². The van der Waals surface area contributed by atoms with Crippen molar-refractivity contribution in [3.05, 3.63) is 29.6 Å². The summed E-state index contributed by atoms with van der Waals surface area (Å²) in [5.41, 5.74) is 1.23. The van der Waals surface area contributed by atoms with Crippen LogP contribution in [0.25, 0.3) is 0 Å². The molecule has 0 radical (unpaired) electrons. The van der Waals surface area contributed by atoms with Crippen LogP contribution in [-0.2, 0) is 16.6 Å². The summed E-state index contributed by atoms with van der Waals surface area (Å²) in [5.74, 6) is 0.474. The molecule has 0 saturated heterocycles. The molecule has 1 heterocycles. The van der Waals surface area contributed by atoms with Gasteiger partial charge in [0, 0.05) is 27.8 Å². The van der Waals surface area contributed by atoms with Crippen molar-refractivity contribution in [3.8, 4) is 6.07 Å². The zero-order valence-electron chi connectivity index (χ0n) is 9.06. The molecule has 0 aromatic carbocycles. The summed E-state index contributed by atoms with van der Waals surface area (Å²) in [6.07, 6.45) is 6.10. The number of hydrogen-bond donors (Lipinski definition) is 0. The lowest BCUT2D eigenvalue weighted by Crippen LogP contribution is -2.13. The van der Waals surface area contributed by atoms with E-state index in [2.05, 4.69) is 4.98 Å². The smallest absolute Gasteiger partial charge is 0.144 e. The van der Waals surface area contributed by atoms with Crippen LogP contribution >= 0.6 is 0 Å². The molecule has 1 aromatic heterocycles. The summed E-state index contributed by atoms with van der Waals surface area (Å²) >= 11 is 0. The van der Waals surface area contributed by atoms with Crippen LogP contribution in [0.2, 0.25) is 0 Å². The number of nitrogens with zero attached hydrogens (tertiary/aromatic N) is 2. The van der Waals surface area contributed by atoms with E-state index in [-0.39, 0.29) is 0 Å². The van der Waals surface area contributed by atoms with E-state index in [1.807, 2.05) is 12.1 Å². The second-order valence-electron chi connectivity index (χ2n) is 4.05. The van der Waals surface area contributed by atoms with Gasteiger partial charge in [-0.05, 0) is 18.9 Å². The fourth-order valence-electron chi connectivity index (χ4n) is 2.08. The third kappa shape index (κ3) is 2.48. The van der Waals surface area contributed by atoms with Gasteiger partial charge in [0.05, 0.1) is 5.75 Å². The van der Waals surface area contributed by atoms with Crippen molar-refractivity contribution in [3.63, 3.8) is 0 Å². The molecule has 1 saturated carbocycles. The van der Waals surface area contributed by atoms with E-state index in [9.17, 15) is 4.21 Å². The molecule has 1 aliphatic carbocycles. The molecule has 1 aromatic rings. The van der Waals surface area contributed by atoms with Gasteiger partial charge in [-0.3, -0.25) is 4.21 Å². The van der Waals surface area contributed by atoms with Crippen molar-refractivity contribution in [2.75, 3.05) is 0 Å². The summed E-state index contributed by atoms with van der Waals surface area (Å²) in [6.45, 7) is 0. The van der Waals surface area contributed by atoms with Crippen LogP contribution in [0.15, 0.2) is 18.3 Å². The summed E-state index contributed by atoms with van der Waals surface area (Å²) in [6, 6.07) is 5.69. The van der Waals surface area contributed by atoms with E-state index < -0.39 is 10.8 Å². The van der Waals surface area contributed by atoms with Crippen LogP contribution in [0.4, 0.5) is 0 Å². The van der Waals surface area contributed by atoms with Crippen molar-refractivity contribution in [1.82, 2.24) is 4.98 Å². The van der Waals surface area contributed by atoms with Crippen LogP contribution in [-0.4, -0.2) is 14.4 Å². The first-order valence-corrected chi connectivity index (χ1v) is 6.90. The quantitative estimate of drug-likeness (QED) is 0.805. The highest BCUT2D eigenvalue weighted by Gasteiger charge is 2.22. The average molecular weight is 234 g/mol. The Labute approximate surface area is 98.0 Å². The van der Waals surface area contributed by atoms with E-state index in [1.54, 1.807) is 12.3 Å². The van der Waals surface area contributed by atoms with Gasteiger partial charge in [0.1, 0.15) is 11.8 Å². The second kappa shape index (κ2) is 5.22. The lowest BCUT2D eigenvalue weighted by molar-refractivity contribution is 0.668. The first kappa shape index (κ1) is 11.3. The van der Waals surface area contributed by atoms with Crippen LogP contribution in [0, 0.1) is 11.3 Å². The van der Waals surface area contributed by atoms with Crippen molar-refractivity contribution in [2.45, 2.75) is 36.7 Å². The van der Waals surface area contributed by atoms with Crippen LogP contribution in [0.3, 0.4) is 0 Å². The van der Waals surface area contributed by atoms with Gasteiger partial charge in [0.15, 0.2) is 0 Å². The fourth-order valence-corrected chi connectivity index (χ4v) is 3.71. The molecule has 1 aliphatic rings. The summed E-state index contributed by atoms with van der Waals surface area (Å²) in [5, 5.41) is 9.21. The first-order chi connectivity index (χ1) is 7.81. The van der Waals surface area contributed by atoms with Gasteiger partial charge in [-0.25, -0.2) is 4.98 Å². The van der Waals surface area contributed by atoms with Gasteiger partial charge >= 0.3 is 0 Å². The zero-order valence-corrected chi connectivity index (χ0v) is 9.87. The molecular weight excluding hydrogens is 220 g/mol. The predicted octanol–water partition coefficient (Wildman–Crippen LogP) is 2.14. The molecule has 0 aliphatic heterocycles. The lowest BCUT2D eigenvalue weighted by atomic mass is 10.2. The highest BCUT2D eigenvalue weighted by molar-refractivity contribution is 7.84. The molecule has 0 spiro atoms. The number of pyridine rings is 1. The van der Waals surface area contributed by atoms with Crippen LogP contribution in [0.5, 0.6) is 0 Å². The molecule has 4 heteroatoms. The Bertz CT molecular complexity index is 433. The van der Waals surface area contributed by atoms with Crippen molar-refractivity contribution < 1.29 is 4.21 Å². The van der Waals surface area contributed by atoms with E-state index in [0.29, 0.717) is 16.7 Å². The van der Waals surface area contributed by atoms with Gasteiger partial charge in [0.25, 0.3) is 0 Å². The zero-order chi connectivity index (χ0) is 11.4. The van der Waals surface area contributed by atoms with E-state index in [4.69, 9.17) is 5.26 Å². The fraction of sp³-hybridized carbons (Fsp3) is 0.500. The third-order valence-electron chi connectivity index (χ3n) is 2.97. The minimum atomic E-state index is -0.849. The molecule has 0 N–H and O–H groups in total. The van der Waals surface area contributed by atoms with Gasteiger partial charge in [0.2, 0.25) is 0 Å². The Morgan fingerprint density at radius 3 is 2.94 bits per heavy atom. The maximum absolute atomic E-state index is 12.1. The number of rotatable bonds is 3. The Morgan fingerprint density at radius 1 is 1.50 bits per heavy atom. The number of nitriles is 1. The van der Waals surface area contributed by atoms with Gasteiger partial charge in [-0.15, -0.1) is 0 Å². The van der Waals surface area contributed by atoms with E-state index >= 15 is 0 Å². The second-order valence-corrected chi connectivity index (χ2v) is 5.77. The monoisotopic (exact) mass is 234 g/mol. The normalized spacial score (nSPS) is 18.2. The Balaban J connectivity index is 2.08. The predicted molar refractivity (Wildman–Crippen MR) is 63.1 cm³/mol. The Hall–Kier alpha value is -1.21. The number of aromatic nitrogens is 1. The molecule has 1 fully saturated rings. The molecule has 1 unspecified atom stereocenters. The molecular formula is C12H14N2OS. The number of hydrogen-bond acceptors (Lipinski definition) is 3. The summed E-state index contributed by atoms with van der Waals surface area (Å²) in [4.78, 5) is 3.98. The van der Waals surface area contributed by atoms with Crippen LogP contribution in [0.1, 0.15) is 36.9 Å². The first-order valence-electron chi connectivity index (χ1n) is 5.52. The van der Waals surface area contributed by atoms with Gasteiger partial charge in [-0.2, -0.15) is 5.26 Å². The molecule has 16 heavy (non-hydrogen) atoms. The van der Waals surface area contributed by atoms with Crippen molar-refractivity contribution in [1.29, 1.82) is 5.26 Å². The Kier molecular flexibility index (Phi) is 3.68. The third-order valence-corrected chi connectivity index (χ3v) is 4.78. The average Bonchev–Trinajstić information content (AvgIpc) is 2.83. The standard InChI is InChI=1S/C12H14N2OS/c13-8-12-10(4-3-7-14-12)9-16(15)11-5-1-2-6-11/h3-4,7,11H,1-2,5-6,9H2. The SMILES string of the molecule is N#Cc1ncccc1CS(=O)C1CCCC1. The molecule has 3 nitrogen and oxygen atoms in total. The molecule has 2 rings (SSSR count). The summed E-state index contributed by atoms with van der Waals surface area (Å²) < 4.78 is 12.1.